The second-order valence-corrected chi connectivity index (χ2v) is 5.33. The number of rotatable bonds is 4. The Morgan fingerprint density at radius 1 is 1.25 bits per heavy atom. The maximum Gasteiger partial charge on any atom is 0.251 e. The molecule has 0 aliphatic heterocycles. The van der Waals surface area contributed by atoms with E-state index in [1.807, 2.05) is 0 Å². The van der Waals surface area contributed by atoms with Crippen LogP contribution in [0.15, 0.2) is 24.3 Å². The van der Waals surface area contributed by atoms with Crippen LogP contribution in [-0.4, -0.2) is 25.1 Å². The molecule has 3 N–H and O–H groups in total. The van der Waals surface area contributed by atoms with Crippen molar-refractivity contribution in [2.45, 2.75) is 37.6 Å². The second kappa shape index (κ2) is 7.50. The Labute approximate surface area is 126 Å². The summed E-state index contributed by atoms with van der Waals surface area (Å²) in [5.74, 6) is 0.678. The average molecular weight is 299 g/mol. The van der Waals surface area contributed by atoms with Crippen LogP contribution in [-0.2, 0) is 0 Å². The summed E-state index contributed by atoms with van der Waals surface area (Å²) in [4.78, 5) is 12.0. The zero-order valence-corrected chi connectivity index (χ0v) is 12.7. The van der Waals surface area contributed by atoms with Crippen LogP contribution >= 0.6 is 12.4 Å². The van der Waals surface area contributed by atoms with Gasteiger partial charge in [0.25, 0.3) is 5.91 Å². The number of hydrogen-bond acceptors (Lipinski definition) is 3. The number of nitrogens with two attached hydrogens (primary N) is 1. The first-order valence-corrected chi connectivity index (χ1v) is 6.84. The van der Waals surface area contributed by atoms with E-state index < -0.39 is 0 Å². The fraction of sp³-hybridized carbons (Fsp3) is 0.533. The van der Waals surface area contributed by atoms with Crippen molar-refractivity contribution in [2.24, 2.45) is 5.73 Å². The van der Waals surface area contributed by atoms with Crippen LogP contribution < -0.4 is 15.8 Å². The van der Waals surface area contributed by atoms with E-state index in [0.717, 1.165) is 31.4 Å². The molecule has 0 radical (unpaired) electrons. The lowest BCUT2D eigenvalue weighted by Gasteiger charge is -2.33. The highest BCUT2D eigenvalue weighted by atomic mass is 35.5. The molecular weight excluding hydrogens is 276 g/mol. The van der Waals surface area contributed by atoms with Crippen LogP contribution in [0.4, 0.5) is 0 Å². The second-order valence-electron chi connectivity index (χ2n) is 5.33. The van der Waals surface area contributed by atoms with E-state index >= 15 is 0 Å². The van der Waals surface area contributed by atoms with Crippen molar-refractivity contribution in [2.75, 3.05) is 13.7 Å². The number of ether oxygens (including phenoxy) is 1. The fourth-order valence-corrected chi connectivity index (χ4v) is 2.53. The van der Waals surface area contributed by atoms with Crippen molar-refractivity contribution in [3.63, 3.8) is 0 Å². The summed E-state index contributed by atoms with van der Waals surface area (Å²) in [7, 11) is 1.61. The third-order valence-electron chi connectivity index (χ3n) is 3.80. The zero-order valence-electron chi connectivity index (χ0n) is 11.9. The number of carbonyl (C=O) groups is 1. The lowest BCUT2D eigenvalue weighted by molar-refractivity contribution is 0.0937. The highest BCUT2D eigenvalue weighted by molar-refractivity contribution is 5.94. The first-order valence-electron chi connectivity index (χ1n) is 6.84. The molecule has 0 saturated heterocycles. The van der Waals surface area contributed by atoms with Crippen molar-refractivity contribution in [1.29, 1.82) is 0 Å². The third kappa shape index (κ3) is 4.39. The Kier molecular flexibility index (Phi) is 6.30. The highest BCUT2D eigenvalue weighted by Crippen LogP contribution is 2.25. The number of hydrogen-bond donors (Lipinski definition) is 2. The molecule has 20 heavy (non-hydrogen) atoms. The van der Waals surface area contributed by atoms with Crippen LogP contribution in [0.5, 0.6) is 5.75 Å². The van der Waals surface area contributed by atoms with E-state index in [2.05, 4.69) is 5.32 Å². The van der Waals surface area contributed by atoms with Crippen LogP contribution in [0, 0.1) is 0 Å². The molecule has 1 aromatic rings. The lowest BCUT2D eigenvalue weighted by atomic mass is 9.82. The van der Waals surface area contributed by atoms with Gasteiger partial charge in [-0.3, -0.25) is 4.79 Å². The number of benzene rings is 1. The molecule has 1 aliphatic carbocycles. The van der Waals surface area contributed by atoms with E-state index in [1.54, 1.807) is 31.4 Å². The van der Waals surface area contributed by atoms with Gasteiger partial charge in [-0.05, 0) is 37.1 Å². The van der Waals surface area contributed by atoms with Gasteiger partial charge in [-0.1, -0.05) is 19.3 Å². The molecule has 1 amide bonds. The molecule has 0 bridgehead atoms. The summed E-state index contributed by atoms with van der Waals surface area (Å²) in [5, 5.41) is 2.94. The van der Waals surface area contributed by atoms with E-state index in [4.69, 9.17) is 10.5 Å². The van der Waals surface area contributed by atoms with E-state index in [1.165, 1.54) is 6.42 Å². The van der Waals surface area contributed by atoms with Crippen LogP contribution in [0.1, 0.15) is 42.5 Å². The monoisotopic (exact) mass is 298 g/mol. The number of methoxy groups -OCH3 is 1. The van der Waals surface area contributed by atoms with Gasteiger partial charge in [0.05, 0.1) is 7.11 Å². The predicted octanol–water partition coefficient (Wildman–Crippen LogP) is 2.51. The molecule has 112 valence electrons. The summed E-state index contributed by atoms with van der Waals surface area (Å²) in [5.41, 5.74) is 6.71. The van der Waals surface area contributed by atoms with Gasteiger partial charge in [0.2, 0.25) is 0 Å². The molecule has 1 fully saturated rings. The highest BCUT2D eigenvalue weighted by Gasteiger charge is 2.27. The van der Waals surface area contributed by atoms with Crippen molar-refractivity contribution in [3.05, 3.63) is 29.8 Å². The lowest BCUT2D eigenvalue weighted by Crippen LogP contribution is -2.51. The Morgan fingerprint density at radius 3 is 2.40 bits per heavy atom. The molecule has 5 heteroatoms. The maximum atomic E-state index is 12.0. The van der Waals surface area contributed by atoms with Crippen LogP contribution in [0.2, 0.25) is 0 Å². The smallest absolute Gasteiger partial charge is 0.251 e. The molecule has 1 saturated carbocycles. The molecule has 0 atom stereocenters. The molecule has 0 aromatic heterocycles. The molecular formula is C15H23ClN2O2. The van der Waals surface area contributed by atoms with Gasteiger partial charge in [-0.25, -0.2) is 0 Å². The summed E-state index contributed by atoms with van der Waals surface area (Å²) in [6.45, 7) is 0.553. The zero-order chi connectivity index (χ0) is 13.7. The van der Waals surface area contributed by atoms with Crippen molar-refractivity contribution in [3.8, 4) is 5.75 Å². The Morgan fingerprint density at radius 2 is 1.85 bits per heavy atom. The van der Waals surface area contributed by atoms with E-state index in [9.17, 15) is 4.79 Å². The van der Waals surface area contributed by atoms with Crippen molar-refractivity contribution >= 4 is 18.3 Å². The largest absolute Gasteiger partial charge is 0.497 e. The van der Waals surface area contributed by atoms with Crippen LogP contribution in [0.3, 0.4) is 0 Å². The van der Waals surface area contributed by atoms with Crippen LogP contribution in [0.25, 0.3) is 0 Å². The van der Waals surface area contributed by atoms with Gasteiger partial charge in [0.15, 0.2) is 0 Å². The minimum Gasteiger partial charge on any atom is -0.497 e. The first kappa shape index (κ1) is 16.8. The number of halogens is 1. The molecule has 4 nitrogen and oxygen atoms in total. The Bertz CT molecular complexity index is 428. The predicted molar refractivity (Wildman–Crippen MR) is 82.6 cm³/mol. The van der Waals surface area contributed by atoms with Gasteiger partial charge in [0, 0.05) is 17.6 Å². The summed E-state index contributed by atoms with van der Waals surface area (Å²) in [6, 6.07) is 7.10. The summed E-state index contributed by atoms with van der Waals surface area (Å²) >= 11 is 0. The van der Waals surface area contributed by atoms with Gasteiger partial charge >= 0.3 is 0 Å². The van der Waals surface area contributed by atoms with Gasteiger partial charge in [-0.15, -0.1) is 12.4 Å². The Balaban J connectivity index is 0.00000200. The van der Waals surface area contributed by atoms with Gasteiger partial charge in [-0.2, -0.15) is 0 Å². The number of carbonyl (C=O) groups excluding carboxylic acids is 1. The normalized spacial score (nSPS) is 16.9. The van der Waals surface area contributed by atoms with E-state index in [0.29, 0.717) is 12.1 Å². The molecule has 0 spiro atoms. The summed E-state index contributed by atoms with van der Waals surface area (Å²) < 4.78 is 5.07. The first-order chi connectivity index (χ1) is 9.13. The molecule has 2 rings (SSSR count). The maximum absolute atomic E-state index is 12.0. The minimum atomic E-state index is -0.222. The average Bonchev–Trinajstić information content (AvgIpc) is 2.46. The topological polar surface area (TPSA) is 64.3 Å². The van der Waals surface area contributed by atoms with E-state index in [-0.39, 0.29) is 23.9 Å². The number of amides is 1. The Hall–Kier alpha value is -1.26. The van der Waals surface area contributed by atoms with Crippen molar-refractivity contribution < 1.29 is 9.53 Å². The third-order valence-corrected chi connectivity index (χ3v) is 3.80. The summed E-state index contributed by atoms with van der Waals surface area (Å²) in [6.07, 6.45) is 5.57. The molecule has 0 unspecified atom stereocenters. The standard InChI is InChI=1S/C15H22N2O2.ClH/c1-19-13-7-5-12(6-8-13)14(18)17-11-15(16)9-3-2-4-10-15;/h5-8H,2-4,9-11,16H2,1H3,(H,17,18);1H. The number of nitrogens with one attached hydrogen (secondary N) is 1. The fourth-order valence-electron chi connectivity index (χ4n) is 2.53. The molecule has 1 aromatic carbocycles. The van der Waals surface area contributed by atoms with Gasteiger partial charge in [0.1, 0.15) is 5.75 Å². The molecule has 1 aliphatic rings. The quantitative estimate of drug-likeness (QED) is 0.898. The van der Waals surface area contributed by atoms with Gasteiger partial charge < -0.3 is 15.8 Å². The SMILES string of the molecule is COc1ccc(C(=O)NCC2(N)CCCCC2)cc1.Cl. The van der Waals surface area contributed by atoms with Crippen molar-refractivity contribution in [1.82, 2.24) is 5.32 Å². The minimum absolute atomic E-state index is 0. The molecule has 0 heterocycles.